The van der Waals surface area contributed by atoms with Gasteiger partial charge in [-0.3, -0.25) is 10.1 Å². The summed E-state index contributed by atoms with van der Waals surface area (Å²) in [6.45, 7) is 4.00. The van der Waals surface area contributed by atoms with Gasteiger partial charge in [0.05, 0.1) is 7.11 Å². The number of pyridine rings is 1. The van der Waals surface area contributed by atoms with Crippen molar-refractivity contribution < 1.29 is 4.74 Å². The summed E-state index contributed by atoms with van der Waals surface area (Å²) < 4.78 is 5.36. The van der Waals surface area contributed by atoms with E-state index in [0.29, 0.717) is 16.7 Å². The summed E-state index contributed by atoms with van der Waals surface area (Å²) >= 11 is 1.60. The molecule has 0 aliphatic heterocycles. The molecular weight excluding hydrogens is 296 g/mol. The average molecular weight is 316 g/mol. The van der Waals surface area contributed by atoms with Gasteiger partial charge in [0.15, 0.2) is 11.6 Å². The van der Waals surface area contributed by atoms with E-state index in [-0.39, 0.29) is 0 Å². The molecule has 0 saturated heterocycles. The van der Waals surface area contributed by atoms with Crippen LogP contribution in [-0.4, -0.2) is 33.0 Å². The maximum Gasteiger partial charge on any atom is 0.208 e. The smallest absolute Gasteiger partial charge is 0.208 e. The van der Waals surface area contributed by atoms with Gasteiger partial charge in [-0.2, -0.15) is 4.98 Å². The van der Waals surface area contributed by atoms with Crippen molar-refractivity contribution in [1.29, 1.82) is 0 Å². The summed E-state index contributed by atoms with van der Waals surface area (Å²) in [7, 11) is 1.63. The minimum absolute atomic E-state index is 0.643. The Morgan fingerprint density at radius 1 is 1.41 bits per heavy atom. The fraction of sp³-hybridized carbons (Fsp3) is 0.312. The predicted octanol–water partition coefficient (Wildman–Crippen LogP) is 3.49. The summed E-state index contributed by atoms with van der Waals surface area (Å²) in [5.74, 6) is 2.21. The predicted molar refractivity (Wildman–Crippen MR) is 89.5 cm³/mol. The largest absolute Gasteiger partial charge is 0.493 e. The van der Waals surface area contributed by atoms with Crippen LogP contribution in [0.3, 0.4) is 0 Å². The van der Waals surface area contributed by atoms with E-state index in [1.165, 1.54) is 0 Å². The van der Waals surface area contributed by atoms with Crippen molar-refractivity contribution in [2.24, 2.45) is 0 Å². The van der Waals surface area contributed by atoms with E-state index in [2.05, 4.69) is 20.2 Å². The molecule has 0 bridgehead atoms. The van der Waals surface area contributed by atoms with Crippen LogP contribution in [0.15, 0.2) is 47.3 Å². The van der Waals surface area contributed by atoms with Crippen LogP contribution in [0.4, 0.5) is 0 Å². The molecular formula is C16H20N4OS. The molecule has 0 spiro atoms. The highest BCUT2D eigenvalue weighted by atomic mass is 32.2. The molecule has 0 aromatic carbocycles. The molecule has 2 heterocycles. The number of aryl methyl sites for hydroxylation is 1. The highest BCUT2D eigenvalue weighted by molar-refractivity contribution is 7.99. The van der Waals surface area contributed by atoms with Crippen LogP contribution < -0.4 is 0 Å². The van der Waals surface area contributed by atoms with Gasteiger partial charge < -0.3 is 4.74 Å². The summed E-state index contributed by atoms with van der Waals surface area (Å²) in [6.07, 6.45) is 6.64. The Morgan fingerprint density at radius 3 is 2.95 bits per heavy atom. The SMILES string of the molecule is C/C=C(C)/C=C(\OC)c1nc(SCCc2ccccn2)n[nH]1. The van der Waals surface area contributed by atoms with Gasteiger partial charge in [0, 0.05) is 17.6 Å². The molecule has 0 atom stereocenters. The van der Waals surface area contributed by atoms with Crippen LogP contribution in [-0.2, 0) is 11.2 Å². The van der Waals surface area contributed by atoms with Gasteiger partial charge in [-0.05, 0) is 38.5 Å². The Labute approximate surface area is 134 Å². The van der Waals surface area contributed by atoms with Crippen molar-refractivity contribution in [3.63, 3.8) is 0 Å². The Hall–Kier alpha value is -2.08. The van der Waals surface area contributed by atoms with Crippen molar-refractivity contribution in [2.75, 3.05) is 12.9 Å². The van der Waals surface area contributed by atoms with Crippen LogP contribution in [0.2, 0.25) is 0 Å². The second-order valence-electron chi connectivity index (χ2n) is 4.63. The Morgan fingerprint density at radius 2 is 2.27 bits per heavy atom. The number of ether oxygens (including phenoxy) is 1. The number of hydrogen-bond donors (Lipinski definition) is 1. The van der Waals surface area contributed by atoms with E-state index in [0.717, 1.165) is 23.4 Å². The van der Waals surface area contributed by atoms with Gasteiger partial charge >= 0.3 is 0 Å². The van der Waals surface area contributed by atoms with Gasteiger partial charge in [-0.25, -0.2) is 0 Å². The fourth-order valence-corrected chi connectivity index (χ4v) is 2.49. The Kier molecular flexibility index (Phi) is 6.21. The zero-order valence-corrected chi connectivity index (χ0v) is 13.9. The lowest BCUT2D eigenvalue weighted by Gasteiger charge is -2.01. The molecule has 5 nitrogen and oxygen atoms in total. The lowest BCUT2D eigenvalue weighted by atomic mass is 10.2. The molecule has 6 heteroatoms. The number of aromatic amines is 1. The summed E-state index contributed by atoms with van der Waals surface area (Å²) in [5, 5.41) is 7.85. The van der Waals surface area contributed by atoms with Gasteiger partial charge in [0.1, 0.15) is 0 Å². The number of hydrogen-bond acceptors (Lipinski definition) is 5. The first-order chi connectivity index (χ1) is 10.7. The van der Waals surface area contributed by atoms with E-state index in [9.17, 15) is 0 Å². The molecule has 0 radical (unpaired) electrons. The van der Waals surface area contributed by atoms with Gasteiger partial charge in [-0.1, -0.05) is 29.5 Å². The normalized spacial score (nSPS) is 12.5. The van der Waals surface area contributed by atoms with Crippen molar-refractivity contribution >= 4 is 17.5 Å². The van der Waals surface area contributed by atoms with E-state index >= 15 is 0 Å². The molecule has 22 heavy (non-hydrogen) atoms. The molecule has 0 amide bonds. The second-order valence-corrected chi connectivity index (χ2v) is 5.69. The van der Waals surface area contributed by atoms with Gasteiger partial charge in [-0.15, -0.1) is 5.10 Å². The number of allylic oxidation sites excluding steroid dienone is 3. The van der Waals surface area contributed by atoms with Crippen molar-refractivity contribution in [3.05, 3.63) is 53.6 Å². The van der Waals surface area contributed by atoms with Crippen LogP contribution in [0.5, 0.6) is 0 Å². The molecule has 2 rings (SSSR count). The van der Waals surface area contributed by atoms with Crippen molar-refractivity contribution in [3.8, 4) is 0 Å². The number of H-pyrrole nitrogens is 1. The molecule has 1 N–H and O–H groups in total. The third-order valence-corrected chi connectivity index (χ3v) is 3.90. The molecule has 0 aliphatic rings. The Bertz CT molecular complexity index is 649. The Balaban J connectivity index is 1.95. The minimum atomic E-state index is 0.643. The minimum Gasteiger partial charge on any atom is -0.493 e. The number of aromatic nitrogens is 4. The number of nitrogens with zero attached hydrogens (tertiary/aromatic N) is 3. The molecule has 0 saturated carbocycles. The molecule has 116 valence electrons. The van der Waals surface area contributed by atoms with Gasteiger partial charge in [0.25, 0.3) is 0 Å². The zero-order chi connectivity index (χ0) is 15.8. The topological polar surface area (TPSA) is 63.7 Å². The van der Waals surface area contributed by atoms with E-state index < -0.39 is 0 Å². The van der Waals surface area contributed by atoms with Crippen molar-refractivity contribution in [2.45, 2.75) is 25.4 Å². The standard InChI is InChI=1S/C16H20N4OS/c1-4-12(2)11-14(21-3)15-18-16(20-19-15)22-10-8-13-7-5-6-9-17-13/h4-7,9,11H,8,10H2,1-3H3,(H,18,19,20)/b12-4+,14-11-. The first kappa shape index (κ1) is 16.3. The van der Waals surface area contributed by atoms with E-state index in [1.54, 1.807) is 18.9 Å². The molecule has 0 unspecified atom stereocenters. The summed E-state index contributed by atoms with van der Waals surface area (Å²) in [5.41, 5.74) is 2.18. The van der Waals surface area contributed by atoms with Crippen LogP contribution in [0.25, 0.3) is 5.76 Å². The number of methoxy groups -OCH3 is 1. The summed E-state index contributed by atoms with van der Waals surface area (Å²) in [4.78, 5) is 8.76. The van der Waals surface area contributed by atoms with Crippen LogP contribution in [0, 0.1) is 0 Å². The maximum absolute atomic E-state index is 5.36. The molecule has 0 aliphatic carbocycles. The average Bonchev–Trinajstić information content (AvgIpc) is 3.02. The highest BCUT2D eigenvalue weighted by Crippen LogP contribution is 2.18. The number of thioether (sulfide) groups is 1. The number of rotatable bonds is 7. The van der Waals surface area contributed by atoms with Crippen molar-refractivity contribution in [1.82, 2.24) is 20.2 Å². The molecule has 2 aromatic heterocycles. The molecule has 2 aromatic rings. The third-order valence-electron chi connectivity index (χ3n) is 3.05. The third kappa shape index (κ3) is 4.73. The van der Waals surface area contributed by atoms with Crippen LogP contribution in [0.1, 0.15) is 25.4 Å². The van der Waals surface area contributed by atoms with Crippen LogP contribution >= 0.6 is 11.8 Å². The first-order valence-corrected chi connectivity index (χ1v) is 8.05. The first-order valence-electron chi connectivity index (χ1n) is 7.07. The van der Waals surface area contributed by atoms with Gasteiger partial charge in [0.2, 0.25) is 5.16 Å². The van der Waals surface area contributed by atoms with E-state index in [1.807, 2.05) is 50.4 Å². The lowest BCUT2D eigenvalue weighted by Crippen LogP contribution is -1.92. The fourth-order valence-electron chi connectivity index (χ4n) is 1.73. The quantitative estimate of drug-likeness (QED) is 0.481. The van der Waals surface area contributed by atoms with E-state index in [4.69, 9.17) is 4.74 Å². The molecule has 0 fully saturated rings. The maximum atomic E-state index is 5.36. The second kappa shape index (κ2) is 8.38. The lowest BCUT2D eigenvalue weighted by molar-refractivity contribution is 0.366. The highest BCUT2D eigenvalue weighted by Gasteiger charge is 2.09. The number of nitrogens with one attached hydrogen (secondary N) is 1. The zero-order valence-electron chi connectivity index (χ0n) is 13.0. The summed E-state index contributed by atoms with van der Waals surface area (Å²) in [6, 6.07) is 5.94. The monoisotopic (exact) mass is 316 g/mol.